The molecule has 0 saturated carbocycles. The molecule has 1 N–H and O–H groups in total. The van der Waals surface area contributed by atoms with Gasteiger partial charge < -0.3 is 5.11 Å². The van der Waals surface area contributed by atoms with Gasteiger partial charge in [-0.1, -0.05) is 24.3 Å². The normalized spacial score (nSPS) is 18.0. The summed E-state index contributed by atoms with van der Waals surface area (Å²) in [5.74, 6) is 0.154. The molecule has 19 heavy (non-hydrogen) atoms. The lowest BCUT2D eigenvalue weighted by Gasteiger charge is -2.20. The van der Waals surface area contributed by atoms with Crippen molar-refractivity contribution in [3.8, 4) is 0 Å². The number of ketones is 1. The molecule has 1 heterocycles. The molecule has 1 aromatic rings. The summed E-state index contributed by atoms with van der Waals surface area (Å²) in [5.41, 5.74) is 0.691. The van der Waals surface area contributed by atoms with Crippen molar-refractivity contribution in [2.24, 2.45) is 0 Å². The molecular formula is C15H16O3S. The second-order valence-corrected chi connectivity index (χ2v) is 6.22. The molecule has 0 radical (unpaired) electrons. The monoisotopic (exact) mass is 276 g/mol. The SMILES string of the molecule is CC(C)(C(=O)O)c1cccc(C=C2SCCC2=O)c1. The summed E-state index contributed by atoms with van der Waals surface area (Å²) in [7, 11) is 0. The Morgan fingerprint density at radius 2 is 2.16 bits per heavy atom. The van der Waals surface area contributed by atoms with Gasteiger partial charge in [-0.05, 0) is 31.1 Å². The molecule has 2 rings (SSSR count). The maximum Gasteiger partial charge on any atom is 0.313 e. The Bertz CT molecular complexity index is 558. The lowest BCUT2D eigenvalue weighted by molar-refractivity contribution is -0.142. The number of carboxylic acids is 1. The minimum Gasteiger partial charge on any atom is -0.481 e. The van der Waals surface area contributed by atoms with Crippen LogP contribution < -0.4 is 0 Å². The molecular weight excluding hydrogens is 260 g/mol. The van der Waals surface area contributed by atoms with Crippen LogP contribution in [0.1, 0.15) is 31.4 Å². The molecule has 0 aliphatic carbocycles. The fourth-order valence-corrected chi connectivity index (χ4v) is 2.86. The van der Waals surface area contributed by atoms with Crippen LogP contribution in [0.5, 0.6) is 0 Å². The van der Waals surface area contributed by atoms with Crippen molar-refractivity contribution in [1.82, 2.24) is 0 Å². The van der Waals surface area contributed by atoms with Crippen LogP contribution >= 0.6 is 11.8 Å². The molecule has 4 heteroatoms. The lowest BCUT2D eigenvalue weighted by atomic mass is 9.84. The zero-order valence-electron chi connectivity index (χ0n) is 11.0. The maximum atomic E-state index is 11.6. The standard InChI is InChI=1S/C15H16O3S/c1-15(2,14(17)18)11-5-3-4-10(8-11)9-13-12(16)6-7-19-13/h3-5,8-9H,6-7H2,1-2H3,(H,17,18). The lowest BCUT2D eigenvalue weighted by Crippen LogP contribution is -2.28. The third kappa shape index (κ3) is 2.89. The van der Waals surface area contributed by atoms with Gasteiger partial charge in [0.05, 0.1) is 10.3 Å². The number of hydrogen-bond acceptors (Lipinski definition) is 3. The molecule has 0 spiro atoms. The maximum absolute atomic E-state index is 11.6. The topological polar surface area (TPSA) is 54.4 Å². The van der Waals surface area contributed by atoms with E-state index in [1.165, 1.54) is 0 Å². The Morgan fingerprint density at radius 3 is 2.74 bits per heavy atom. The third-order valence-corrected chi connectivity index (χ3v) is 4.37. The summed E-state index contributed by atoms with van der Waals surface area (Å²) >= 11 is 1.56. The van der Waals surface area contributed by atoms with Gasteiger partial charge in [-0.2, -0.15) is 0 Å². The van der Waals surface area contributed by atoms with Gasteiger partial charge in [0.15, 0.2) is 5.78 Å². The van der Waals surface area contributed by atoms with Crippen molar-refractivity contribution in [2.45, 2.75) is 25.7 Å². The van der Waals surface area contributed by atoms with E-state index < -0.39 is 11.4 Å². The van der Waals surface area contributed by atoms with E-state index in [4.69, 9.17) is 0 Å². The molecule has 0 aromatic heterocycles. The fourth-order valence-electron chi connectivity index (χ4n) is 1.87. The predicted molar refractivity (Wildman–Crippen MR) is 77.2 cm³/mol. The molecule has 1 aromatic carbocycles. The van der Waals surface area contributed by atoms with E-state index in [2.05, 4.69) is 0 Å². The van der Waals surface area contributed by atoms with E-state index in [-0.39, 0.29) is 5.78 Å². The van der Waals surface area contributed by atoms with Crippen LogP contribution in [-0.4, -0.2) is 22.6 Å². The number of aliphatic carboxylic acids is 1. The minimum absolute atomic E-state index is 0.174. The van der Waals surface area contributed by atoms with Crippen LogP contribution in [0.3, 0.4) is 0 Å². The summed E-state index contributed by atoms with van der Waals surface area (Å²) < 4.78 is 0. The highest BCUT2D eigenvalue weighted by Crippen LogP contribution is 2.30. The predicted octanol–water partition coefficient (Wildman–Crippen LogP) is 3.10. The number of benzene rings is 1. The quantitative estimate of drug-likeness (QED) is 0.862. The summed E-state index contributed by atoms with van der Waals surface area (Å²) in [4.78, 5) is 23.6. The van der Waals surface area contributed by atoms with Crippen LogP contribution in [0, 0.1) is 0 Å². The smallest absolute Gasteiger partial charge is 0.313 e. The molecule has 0 amide bonds. The van der Waals surface area contributed by atoms with Crippen LogP contribution in [-0.2, 0) is 15.0 Å². The average molecular weight is 276 g/mol. The first-order chi connectivity index (χ1) is 8.91. The first kappa shape index (κ1) is 13.9. The third-order valence-electron chi connectivity index (χ3n) is 3.30. The molecule has 1 saturated heterocycles. The fraction of sp³-hybridized carbons (Fsp3) is 0.333. The zero-order chi connectivity index (χ0) is 14.0. The van der Waals surface area contributed by atoms with Gasteiger partial charge in [-0.15, -0.1) is 11.8 Å². The second-order valence-electron chi connectivity index (χ2n) is 5.09. The minimum atomic E-state index is -0.929. The Kier molecular flexibility index (Phi) is 3.80. The highest BCUT2D eigenvalue weighted by atomic mass is 32.2. The van der Waals surface area contributed by atoms with E-state index in [1.807, 2.05) is 24.3 Å². The van der Waals surface area contributed by atoms with Crippen LogP contribution in [0.4, 0.5) is 0 Å². The Balaban J connectivity index is 2.35. The molecule has 0 atom stereocenters. The van der Waals surface area contributed by atoms with Crippen molar-refractivity contribution < 1.29 is 14.7 Å². The van der Waals surface area contributed by atoms with E-state index in [0.29, 0.717) is 6.42 Å². The molecule has 1 aliphatic heterocycles. The van der Waals surface area contributed by atoms with Crippen molar-refractivity contribution >= 4 is 29.6 Å². The molecule has 0 unspecified atom stereocenters. The van der Waals surface area contributed by atoms with Crippen molar-refractivity contribution in [2.75, 3.05) is 5.75 Å². The number of Topliss-reactive ketones (excluding diaryl/α,β-unsaturated/α-hetero) is 1. The van der Waals surface area contributed by atoms with Gasteiger partial charge in [-0.3, -0.25) is 9.59 Å². The van der Waals surface area contributed by atoms with Crippen molar-refractivity contribution in [3.05, 3.63) is 40.3 Å². The van der Waals surface area contributed by atoms with Crippen LogP contribution in [0.25, 0.3) is 6.08 Å². The van der Waals surface area contributed by atoms with Gasteiger partial charge in [-0.25, -0.2) is 0 Å². The number of rotatable bonds is 3. The molecule has 1 aliphatic rings. The largest absolute Gasteiger partial charge is 0.481 e. The molecule has 3 nitrogen and oxygen atoms in total. The number of carbonyl (C=O) groups excluding carboxylic acids is 1. The molecule has 1 fully saturated rings. The average Bonchev–Trinajstić information content (AvgIpc) is 2.75. The summed E-state index contributed by atoms with van der Waals surface area (Å²) in [6.45, 7) is 3.36. The summed E-state index contributed by atoms with van der Waals surface area (Å²) in [5, 5.41) is 9.24. The van der Waals surface area contributed by atoms with Gasteiger partial charge >= 0.3 is 5.97 Å². The van der Waals surface area contributed by atoms with Gasteiger partial charge in [0, 0.05) is 12.2 Å². The Hall–Kier alpha value is -1.55. The number of thioether (sulfide) groups is 1. The summed E-state index contributed by atoms with van der Waals surface area (Å²) in [6.07, 6.45) is 2.44. The van der Waals surface area contributed by atoms with Crippen molar-refractivity contribution in [3.63, 3.8) is 0 Å². The van der Waals surface area contributed by atoms with E-state index >= 15 is 0 Å². The zero-order valence-corrected chi connectivity index (χ0v) is 11.8. The molecule has 0 bridgehead atoms. The molecule has 100 valence electrons. The van der Waals surface area contributed by atoms with E-state index in [0.717, 1.165) is 21.8 Å². The number of allylic oxidation sites excluding steroid dienone is 1. The van der Waals surface area contributed by atoms with Crippen LogP contribution in [0.15, 0.2) is 29.2 Å². The van der Waals surface area contributed by atoms with Gasteiger partial charge in [0.25, 0.3) is 0 Å². The number of carbonyl (C=O) groups is 2. The Morgan fingerprint density at radius 1 is 1.42 bits per heavy atom. The Labute approximate surface area is 116 Å². The van der Waals surface area contributed by atoms with Crippen LogP contribution in [0.2, 0.25) is 0 Å². The van der Waals surface area contributed by atoms with Crippen molar-refractivity contribution in [1.29, 1.82) is 0 Å². The van der Waals surface area contributed by atoms with Gasteiger partial charge in [0.2, 0.25) is 0 Å². The first-order valence-electron chi connectivity index (χ1n) is 6.13. The summed E-state index contributed by atoms with van der Waals surface area (Å²) in [6, 6.07) is 7.37. The van der Waals surface area contributed by atoms with E-state index in [9.17, 15) is 14.7 Å². The van der Waals surface area contributed by atoms with E-state index in [1.54, 1.807) is 31.7 Å². The van der Waals surface area contributed by atoms with Gasteiger partial charge in [0.1, 0.15) is 0 Å². The number of hydrogen-bond donors (Lipinski definition) is 1. The first-order valence-corrected chi connectivity index (χ1v) is 7.11. The highest BCUT2D eigenvalue weighted by Gasteiger charge is 2.29. The number of carboxylic acid groups (broad SMARTS) is 1. The highest BCUT2D eigenvalue weighted by molar-refractivity contribution is 8.04. The second kappa shape index (κ2) is 5.21.